The van der Waals surface area contributed by atoms with E-state index < -0.39 is 23.8 Å². The molecular weight excluding hydrogens is 381 g/mol. The summed E-state index contributed by atoms with van der Waals surface area (Å²) >= 11 is 0. The summed E-state index contributed by atoms with van der Waals surface area (Å²) in [7, 11) is 0. The third kappa shape index (κ3) is 3.74. The van der Waals surface area contributed by atoms with Crippen molar-refractivity contribution in [2.24, 2.45) is 0 Å². The predicted octanol–water partition coefficient (Wildman–Crippen LogP) is 5.23. The Labute approximate surface area is 165 Å². The van der Waals surface area contributed by atoms with E-state index in [4.69, 9.17) is 0 Å². The Morgan fingerprint density at radius 3 is 2.62 bits per heavy atom. The number of aryl methyl sites for hydroxylation is 1. The Kier molecular flexibility index (Phi) is 5.72. The lowest BCUT2D eigenvalue weighted by Crippen LogP contribution is -2.22. The van der Waals surface area contributed by atoms with Gasteiger partial charge in [-0.05, 0) is 20.3 Å². The van der Waals surface area contributed by atoms with Crippen molar-refractivity contribution >= 4 is 22.4 Å². The van der Waals surface area contributed by atoms with Crippen LogP contribution in [-0.4, -0.2) is 14.5 Å². The molecule has 3 aromatic rings. The highest BCUT2D eigenvalue weighted by Crippen LogP contribution is 2.30. The van der Waals surface area contributed by atoms with Crippen LogP contribution in [0.2, 0.25) is 0 Å². The fourth-order valence-electron chi connectivity index (χ4n) is 3.16. The SMILES string of the molecule is C=C(CC)n1cc2c(N[C@H](C)c3cccc(C(F)F)c3F)ncnc2c(C)c1=O. The van der Waals surface area contributed by atoms with E-state index in [9.17, 15) is 18.0 Å². The van der Waals surface area contributed by atoms with Crippen molar-refractivity contribution in [2.75, 3.05) is 5.32 Å². The summed E-state index contributed by atoms with van der Waals surface area (Å²) in [4.78, 5) is 21.0. The number of alkyl halides is 2. The third-order valence-electron chi connectivity index (χ3n) is 4.90. The molecule has 8 heteroatoms. The van der Waals surface area contributed by atoms with Crippen LogP contribution in [0.1, 0.15) is 49.4 Å². The molecule has 0 unspecified atom stereocenters. The molecule has 0 bridgehead atoms. The Morgan fingerprint density at radius 1 is 1.28 bits per heavy atom. The van der Waals surface area contributed by atoms with Gasteiger partial charge in [-0.3, -0.25) is 9.36 Å². The summed E-state index contributed by atoms with van der Waals surface area (Å²) in [5, 5.41) is 3.61. The number of benzene rings is 1. The summed E-state index contributed by atoms with van der Waals surface area (Å²) < 4.78 is 42.0. The van der Waals surface area contributed by atoms with Gasteiger partial charge in [-0.15, -0.1) is 0 Å². The van der Waals surface area contributed by atoms with Gasteiger partial charge in [0.05, 0.1) is 22.5 Å². The fourth-order valence-corrected chi connectivity index (χ4v) is 3.16. The first-order valence-corrected chi connectivity index (χ1v) is 9.14. The van der Waals surface area contributed by atoms with Crippen LogP contribution >= 0.6 is 0 Å². The summed E-state index contributed by atoms with van der Waals surface area (Å²) in [5.74, 6) is -0.585. The van der Waals surface area contributed by atoms with E-state index >= 15 is 0 Å². The van der Waals surface area contributed by atoms with Crippen molar-refractivity contribution in [1.82, 2.24) is 14.5 Å². The molecule has 3 rings (SSSR count). The third-order valence-corrected chi connectivity index (χ3v) is 4.90. The minimum absolute atomic E-state index is 0.0950. The number of nitrogens with zero attached hydrogens (tertiary/aromatic N) is 3. The number of hydrogen-bond acceptors (Lipinski definition) is 4. The first-order chi connectivity index (χ1) is 13.8. The largest absolute Gasteiger partial charge is 0.363 e. The molecular formula is C21H21F3N4O. The van der Waals surface area contributed by atoms with E-state index in [1.165, 1.54) is 23.0 Å². The second-order valence-corrected chi connectivity index (χ2v) is 6.75. The van der Waals surface area contributed by atoms with E-state index in [1.807, 2.05) is 6.92 Å². The van der Waals surface area contributed by atoms with Gasteiger partial charge >= 0.3 is 0 Å². The predicted molar refractivity (Wildman–Crippen MR) is 108 cm³/mol. The quantitative estimate of drug-likeness (QED) is 0.613. The van der Waals surface area contributed by atoms with Crippen LogP contribution in [0.25, 0.3) is 16.6 Å². The highest BCUT2D eigenvalue weighted by atomic mass is 19.3. The molecule has 1 atom stereocenters. The number of rotatable bonds is 6. The van der Waals surface area contributed by atoms with Crippen LogP contribution < -0.4 is 10.9 Å². The molecule has 0 fully saturated rings. The van der Waals surface area contributed by atoms with Crippen molar-refractivity contribution in [1.29, 1.82) is 0 Å². The number of allylic oxidation sites excluding steroid dienone is 1. The van der Waals surface area contributed by atoms with Crippen LogP contribution in [0.4, 0.5) is 19.0 Å². The molecule has 1 aromatic carbocycles. The maximum atomic E-state index is 14.5. The summed E-state index contributed by atoms with van der Waals surface area (Å²) in [6.45, 7) is 9.11. The van der Waals surface area contributed by atoms with E-state index in [-0.39, 0.29) is 11.1 Å². The molecule has 29 heavy (non-hydrogen) atoms. The maximum Gasteiger partial charge on any atom is 0.266 e. The van der Waals surface area contributed by atoms with Gasteiger partial charge in [0.1, 0.15) is 18.0 Å². The van der Waals surface area contributed by atoms with Crippen LogP contribution in [-0.2, 0) is 0 Å². The molecule has 0 aliphatic rings. The van der Waals surface area contributed by atoms with Gasteiger partial charge in [0.2, 0.25) is 0 Å². The lowest BCUT2D eigenvalue weighted by Gasteiger charge is -2.19. The minimum Gasteiger partial charge on any atom is -0.363 e. The molecule has 0 spiro atoms. The molecule has 152 valence electrons. The first-order valence-electron chi connectivity index (χ1n) is 9.14. The Morgan fingerprint density at radius 2 is 1.97 bits per heavy atom. The topological polar surface area (TPSA) is 59.8 Å². The Balaban J connectivity index is 2.09. The second-order valence-electron chi connectivity index (χ2n) is 6.75. The van der Waals surface area contributed by atoms with Gasteiger partial charge in [0.15, 0.2) is 0 Å². The molecule has 0 amide bonds. The van der Waals surface area contributed by atoms with Crippen molar-refractivity contribution in [3.8, 4) is 0 Å². The second kappa shape index (κ2) is 8.06. The van der Waals surface area contributed by atoms with Gasteiger partial charge in [-0.1, -0.05) is 31.7 Å². The molecule has 5 nitrogen and oxygen atoms in total. The van der Waals surface area contributed by atoms with Gasteiger partial charge in [0.25, 0.3) is 12.0 Å². The average Bonchev–Trinajstić information content (AvgIpc) is 2.70. The van der Waals surface area contributed by atoms with Gasteiger partial charge in [-0.25, -0.2) is 23.1 Å². The number of fused-ring (bicyclic) bond motifs is 1. The Bertz CT molecular complexity index is 1140. The summed E-state index contributed by atoms with van der Waals surface area (Å²) in [6.07, 6.45) is 0.564. The van der Waals surface area contributed by atoms with Crippen molar-refractivity contribution < 1.29 is 13.2 Å². The smallest absolute Gasteiger partial charge is 0.266 e. The van der Waals surface area contributed by atoms with Gasteiger partial charge < -0.3 is 5.32 Å². The van der Waals surface area contributed by atoms with Crippen molar-refractivity contribution in [3.63, 3.8) is 0 Å². The summed E-state index contributed by atoms with van der Waals surface area (Å²) in [6, 6.07) is 3.25. The fraction of sp³-hybridized carbons (Fsp3) is 0.286. The number of hydrogen-bond donors (Lipinski definition) is 1. The molecule has 2 aromatic heterocycles. The zero-order chi connectivity index (χ0) is 21.3. The van der Waals surface area contributed by atoms with Crippen LogP contribution in [0.15, 0.2) is 42.1 Å². The molecule has 2 heterocycles. The van der Waals surface area contributed by atoms with E-state index in [2.05, 4.69) is 21.9 Å². The Hall–Kier alpha value is -3.16. The molecule has 1 N–H and O–H groups in total. The monoisotopic (exact) mass is 402 g/mol. The number of aromatic nitrogens is 3. The normalized spacial score (nSPS) is 12.4. The van der Waals surface area contributed by atoms with Crippen LogP contribution in [0.5, 0.6) is 0 Å². The molecule has 0 aliphatic carbocycles. The van der Waals surface area contributed by atoms with Crippen molar-refractivity contribution in [3.05, 3.63) is 70.2 Å². The van der Waals surface area contributed by atoms with Gasteiger partial charge in [0, 0.05) is 23.0 Å². The first kappa shape index (κ1) is 20.6. The van der Waals surface area contributed by atoms with E-state index in [1.54, 1.807) is 20.0 Å². The standard InChI is InChI=1S/C21H21F3N4O/c1-5-11(2)28-9-16-18(12(3)21(28)29)25-10-26-20(16)27-13(4)14-7-6-8-15(17(14)22)19(23)24/h6-10,13,19H,2,5H2,1,3-4H3,(H,25,26,27)/t13-/m1/s1. The number of anilines is 1. The average molecular weight is 402 g/mol. The maximum absolute atomic E-state index is 14.5. The highest BCUT2D eigenvalue weighted by Gasteiger charge is 2.21. The zero-order valence-electron chi connectivity index (χ0n) is 16.3. The molecule has 0 aliphatic heterocycles. The number of pyridine rings is 1. The minimum atomic E-state index is -2.90. The zero-order valence-corrected chi connectivity index (χ0v) is 16.3. The highest BCUT2D eigenvalue weighted by molar-refractivity contribution is 5.90. The van der Waals surface area contributed by atoms with Crippen LogP contribution in [0, 0.1) is 12.7 Å². The lowest BCUT2D eigenvalue weighted by molar-refractivity contribution is 0.146. The van der Waals surface area contributed by atoms with Crippen molar-refractivity contribution in [2.45, 2.75) is 39.7 Å². The molecule has 0 saturated carbocycles. The molecule has 0 radical (unpaired) electrons. The lowest BCUT2D eigenvalue weighted by atomic mass is 10.0. The number of halogens is 3. The van der Waals surface area contributed by atoms with Crippen LogP contribution in [0.3, 0.4) is 0 Å². The number of nitrogens with one attached hydrogen (secondary N) is 1. The van der Waals surface area contributed by atoms with E-state index in [0.29, 0.717) is 34.4 Å². The molecule has 0 saturated heterocycles. The van der Waals surface area contributed by atoms with E-state index in [0.717, 1.165) is 6.07 Å². The van der Waals surface area contributed by atoms with Gasteiger partial charge in [-0.2, -0.15) is 0 Å². The summed E-state index contributed by atoms with van der Waals surface area (Å²) in [5.41, 5.74) is 0.726.